The van der Waals surface area contributed by atoms with Crippen LogP contribution in [0.1, 0.15) is 41.9 Å². The summed E-state index contributed by atoms with van der Waals surface area (Å²) in [5, 5.41) is 7.35. The molecule has 0 unspecified atom stereocenters. The van der Waals surface area contributed by atoms with Crippen LogP contribution >= 0.6 is 0 Å². The number of amides is 1. The molecule has 1 aliphatic rings. The van der Waals surface area contributed by atoms with Crippen LogP contribution in [0.4, 0.5) is 5.82 Å². The largest absolute Gasteiger partial charge is 0.375 e. The molecule has 0 bridgehead atoms. The van der Waals surface area contributed by atoms with Crippen molar-refractivity contribution in [2.75, 3.05) is 26.1 Å². The number of aromatic amines is 1. The molecule has 1 atom stereocenters. The van der Waals surface area contributed by atoms with Gasteiger partial charge in [-0.1, -0.05) is 18.2 Å². The first-order valence-electron chi connectivity index (χ1n) is 9.58. The Morgan fingerprint density at radius 2 is 2.14 bits per heavy atom. The van der Waals surface area contributed by atoms with Gasteiger partial charge in [0.05, 0.1) is 11.7 Å². The maximum Gasteiger partial charge on any atom is 0.246 e. The minimum atomic E-state index is -0.269. The standard InChI is InChI=1S/C21H25N5O2/c1-22-19-10-18(25-21(26-19)13-7-8-13)17(24-20(27)12-28-2)9-14-11-23-16-6-4-3-5-15(14)16/h3-6,10-11,13,17,23H,7-9,12H2,1-2H3,(H,24,27)(H,22,25,26)/t17-/m1/s1. The van der Waals surface area contributed by atoms with Gasteiger partial charge in [0.25, 0.3) is 0 Å². The number of hydrogen-bond acceptors (Lipinski definition) is 5. The van der Waals surface area contributed by atoms with Crippen molar-refractivity contribution in [3.63, 3.8) is 0 Å². The summed E-state index contributed by atoms with van der Waals surface area (Å²) in [4.78, 5) is 25.0. The summed E-state index contributed by atoms with van der Waals surface area (Å²) in [6.07, 6.45) is 4.87. The van der Waals surface area contributed by atoms with Crippen LogP contribution in [-0.4, -0.2) is 41.6 Å². The van der Waals surface area contributed by atoms with E-state index in [4.69, 9.17) is 9.72 Å². The number of H-pyrrole nitrogens is 1. The van der Waals surface area contributed by atoms with Gasteiger partial charge in [-0.15, -0.1) is 0 Å². The fourth-order valence-corrected chi connectivity index (χ4v) is 3.43. The van der Waals surface area contributed by atoms with Crippen molar-refractivity contribution in [2.24, 2.45) is 0 Å². The summed E-state index contributed by atoms with van der Waals surface area (Å²) in [7, 11) is 3.37. The topological polar surface area (TPSA) is 91.9 Å². The molecule has 0 aliphatic heterocycles. The Balaban J connectivity index is 1.69. The summed E-state index contributed by atoms with van der Waals surface area (Å²) in [6.45, 7) is 0.0177. The summed E-state index contributed by atoms with van der Waals surface area (Å²) in [6, 6.07) is 9.81. The van der Waals surface area contributed by atoms with Crippen molar-refractivity contribution in [3.8, 4) is 0 Å². The summed E-state index contributed by atoms with van der Waals surface area (Å²) in [5.41, 5.74) is 3.03. The normalized spacial score (nSPS) is 14.8. The second-order valence-electron chi connectivity index (χ2n) is 7.18. The molecule has 3 aromatic rings. The van der Waals surface area contributed by atoms with Gasteiger partial charge in [0.15, 0.2) is 0 Å². The first-order chi connectivity index (χ1) is 13.7. The van der Waals surface area contributed by atoms with E-state index in [0.717, 1.165) is 46.6 Å². The highest BCUT2D eigenvalue weighted by atomic mass is 16.5. The lowest BCUT2D eigenvalue weighted by Crippen LogP contribution is -2.33. The van der Waals surface area contributed by atoms with E-state index >= 15 is 0 Å². The highest BCUT2D eigenvalue weighted by molar-refractivity contribution is 5.83. The summed E-state index contributed by atoms with van der Waals surface area (Å²) < 4.78 is 5.00. The van der Waals surface area contributed by atoms with Gasteiger partial charge in [-0.05, 0) is 24.5 Å². The second-order valence-corrected chi connectivity index (χ2v) is 7.18. The molecule has 0 radical (unpaired) electrons. The SMILES string of the molecule is CNc1cc([C@@H](Cc2c[nH]c3ccccc23)NC(=O)COC)nc(C2CC2)n1. The average molecular weight is 379 g/mol. The van der Waals surface area contributed by atoms with Crippen molar-refractivity contribution in [3.05, 3.63) is 53.6 Å². The molecule has 1 fully saturated rings. The van der Waals surface area contributed by atoms with E-state index in [1.54, 1.807) is 0 Å². The predicted molar refractivity (Wildman–Crippen MR) is 108 cm³/mol. The minimum absolute atomic E-state index is 0.0177. The number of rotatable bonds is 8. The third-order valence-electron chi connectivity index (χ3n) is 5.03. The number of aromatic nitrogens is 3. The van der Waals surface area contributed by atoms with Crippen molar-refractivity contribution in [2.45, 2.75) is 31.2 Å². The second kappa shape index (κ2) is 7.98. The van der Waals surface area contributed by atoms with E-state index in [0.29, 0.717) is 12.3 Å². The van der Waals surface area contributed by atoms with E-state index in [9.17, 15) is 4.79 Å². The molecule has 1 aromatic carbocycles. The Morgan fingerprint density at radius 3 is 2.89 bits per heavy atom. The number of hydrogen-bond donors (Lipinski definition) is 3. The third-order valence-corrected chi connectivity index (χ3v) is 5.03. The Bertz CT molecular complexity index is 980. The van der Waals surface area contributed by atoms with Crippen LogP contribution in [0.15, 0.2) is 36.5 Å². The van der Waals surface area contributed by atoms with E-state index < -0.39 is 0 Å². The van der Waals surface area contributed by atoms with Gasteiger partial charge in [0.1, 0.15) is 18.2 Å². The van der Waals surface area contributed by atoms with Crippen LogP contribution in [0.5, 0.6) is 0 Å². The lowest BCUT2D eigenvalue weighted by molar-refractivity contribution is -0.125. The molecule has 7 heteroatoms. The van der Waals surface area contributed by atoms with Crippen LogP contribution in [0.2, 0.25) is 0 Å². The van der Waals surface area contributed by atoms with Gasteiger partial charge in [-0.3, -0.25) is 4.79 Å². The zero-order valence-corrected chi connectivity index (χ0v) is 16.2. The molecule has 1 aliphatic carbocycles. The smallest absolute Gasteiger partial charge is 0.246 e. The van der Waals surface area contributed by atoms with Gasteiger partial charge in [0, 0.05) is 49.7 Å². The van der Waals surface area contributed by atoms with Gasteiger partial charge < -0.3 is 20.4 Å². The van der Waals surface area contributed by atoms with Crippen LogP contribution in [0, 0.1) is 0 Å². The first kappa shape index (κ1) is 18.4. The number of fused-ring (bicyclic) bond motifs is 1. The monoisotopic (exact) mass is 379 g/mol. The Labute approximate surface area is 163 Å². The predicted octanol–water partition coefficient (Wildman–Crippen LogP) is 2.92. The van der Waals surface area contributed by atoms with E-state index in [2.05, 4.69) is 26.7 Å². The lowest BCUT2D eigenvalue weighted by atomic mass is 10.0. The van der Waals surface area contributed by atoms with E-state index in [-0.39, 0.29) is 18.6 Å². The molecule has 0 spiro atoms. The summed E-state index contributed by atoms with van der Waals surface area (Å²) in [5.74, 6) is 1.89. The first-order valence-corrected chi connectivity index (χ1v) is 9.58. The molecule has 3 N–H and O–H groups in total. The number of nitrogens with zero attached hydrogens (tertiary/aromatic N) is 2. The van der Waals surface area contributed by atoms with Crippen molar-refractivity contribution in [1.82, 2.24) is 20.3 Å². The molecule has 1 saturated carbocycles. The molecule has 28 heavy (non-hydrogen) atoms. The molecule has 2 aromatic heterocycles. The molecule has 0 saturated heterocycles. The molecular weight excluding hydrogens is 354 g/mol. The quantitative estimate of drug-likeness (QED) is 0.560. The van der Waals surface area contributed by atoms with Gasteiger partial charge in [0.2, 0.25) is 5.91 Å². The maximum atomic E-state index is 12.3. The fourth-order valence-electron chi connectivity index (χ4n) is 3.43. The van der Waals surface area contributed by atoms with E-state index in [1.165, 1.54) is 7.11 Å². The number of benzene rings is 1. The molecule has 146 valence electrons. The Kier molecular flexibility index (Phi) is 5.25. The molecule has 7 nitrogen and oxygen atoms in total. The number of methoxy groups -OCH3 is 1. The van der Waals surface area contributed by atoms with E-state index in [1.807, 2.05) is 37.5 Å². The number of carbonyl (C=O) groups excluding carboxylic acids is 1. The third kappa shape index (κ3) is 3.99. The number of nitrogens with one attached hydrogen (secondary N) is 3. The van der Waals surface area contributed by atoms with Crippen LogP contribution < -0.4 is 10.6 Å². The summed E-state index contributed by atoms with van der Waals surface area (Å²) >= 11 is 0. The lowest BCUT2D eigenvalue weighted by Gasteiger charge is -2.19. The van der Waals surface area contributed by atoms with Crippen LogP contribution in [-0.2, 0) is 16.0 Å². The highest BCUT2D eigenvalue weighted by Crippen LogP contribution is 2.39. The van der Waals surface area contributed by atoms with Gasteiger partial charge in [-0.2, -0.15) is 0 Å². The molecule has 1 amide bonds. The minimum Gasteiger partial charge on any atom is -0.375 e. The number of anilines is 1. The average Bonchev–Trinajstić information content (AvgIpc) is 3.49. The van der Waals surface area contributed by atoms with Crippen molar-refractivity contribution >= 4 is 22.6 Å². The van der Waals surface area contributed by atoms with Crippen LogP contribution in [0.25, 0.3) is 10.9 Å². The molecular formula is C21H25N5O2. The molecule has 2 heterocycles. The Hall–Kier alpha value is -2.93. The fraction of sp³-hybridized carbons (Fsp3) is 0.381. The Morgan fingerprint density at radius 1 is 1.32 bits per heavy atom. The number of para-hydroxylation sites is 1. The zero-order valence-electron chi connectivity index (χ0n) is 16.2. The van der Waals surface area contributed by atoms with Gasteiger partial charge >= 0.3 is 0 Å². The molecule has 4 rings (SSSR count). The van der Waals surface area contributed by atoms with Crippen LogP contribution in [0.3, 0.4) is 0 Å². The van der Waals surface area contributed by atoms with Gasteiger partial charge in [-0.25, -0.2) is 9.97 Å². The van der Waals surface area contributed by atoms with Crippen molar-refractivity contribution < 1.29 is 9.53 Å². The maximum absolute atomic E-state index is 12.3. The number of carbonyl (C=O) groups is 1. The number of ether oxygens (including phenoxy) is 1. The zero-order chi connectivity index (χ0) is 19.5. The van der Waals surface area contributed by atoms with Crippen molar-refractivity contribution in [1.29, 1.82) is 0 Å². The highest BCUT2D eigenvalue weighted by Gasteiger charge is 2.29.